The van der Waals surface area contributed by atoms with Gasteiger partial charge in [-0.3, -0.25) is 20.3 Å². The van der Waals surface area contributed by atoms with Crippen LogP contribution in [0.1, 0.15) is 36.8 Å². The van der Waals surface area contributed by atoms with Gasteiger partial charge >= 0.3 is 0 Å². The first-order chi connectivity index (χ1) is 10.6. The van der Waals surface area contributed by atoms with Gasteiger partial charge in [0.05, 0.1) is 17.1 Å². The van der Waals surface area contributed by atoms with E-state index in [1.165, 1.54) is 6.07 Å². The number of aliphatic hydroxyl groups is 1. The normalized spacial score (nSPS) is 10.5. The van der Waals surface area contributed by atoms with Crippen LogP contribution in [0.5, 0.6) is 0 Å². The number of nitrogens with two attached hydrogens (primary N) is 1. The number of hydrogen-bond acceptors (Lipinski definition) is 6. The second-order valence-electron chi connectivity index (χ2n) is 4.93. The Morgan fingerprint density at radius 3 is 2.73 bits per heavy atom. The molecule has 0 aliphatic heterocycles. The summed E-state index contributed by atoms with van der Waals surface area (Å²) in [6, 6.07) is 4.81. The van der Waals surface area contributed by atoms with Crippen LogP contribution in [-0.2, 0) is 17.9 Å². The first kappa shape index (κ1) is 18.0. The molecule has 1 rings (SSSR count). The molecule has 0 aliphatic carbocycles. The van der Waals surface area contributed by atoms with Crippen molar-refractivity contribution in [2.24, 2.45) is 5.84 Å². The number of carbonyl (C=O) groups is 1. The minimum absolute atomic E-state index is 0.0606. The number of amides is 1. The van der Waals surface area contributed by atoms with Crippen molar-refractivity contribution in [3.63, 3.8) is 0 Å². The zero-order chi connectivity index (χ0) is 16.4. The maximum atomic E-state index is 10.9. The van der Waals surface area contributed by atoms with E-state index in [9.17, 15) is 14.9 Å². The molecule has 0 heterocycles. The van der Waals surface area contributed by atoms with Crippen molar-refractivity contribution in [3.05, 3.63) is 39.4 Å². The van der Waals surface area contributed by atoms with Crippen LogP contribution >= 0.6 is 0 Å². The molecule has 1 aromatic carbocycles. The zero-order valence-corrected chi connectivity index (χ0v) is 12.4. The summed E-state index contributed by atoms with van der Waals surface area (Å²) in [6.45, 7) is 0.941. The summed E-state index contributed by atoms with van der Waals surface area (Å²) in [5.74, 6) is 4.81. The van der Waals surface area contributed by atoms with Crippen molar-refractivity contribution in [2.75, 3.05) is 6.54 Å². The SMILES string of the molecule is NNC(=O)CCCCCNCc1ccc(CO)c([N+](=O)[O-])c1. The molecule has 0 aliphatic rings. The number of nitro groups is 1. The van der Waals surface area contributed by atoms with Crippen LogP contribution in [-0.4, -0.2) is 22.5 Å². The Morgan fingerprint density at radius 1 is 1.32 bits per heavy atom. The van der Waals surface area contributed by atoms with Gasteiger partial charge in [-0.25, -0.2) is 5.84 Å². The van der Waals surface area contributed by atoms with Crippen molar-refractivity contribution >= 4 is 11.6 Å². The molecule has 0 fully saturated rings. The van der Waals surface area contributed by atoms with Gasteiger partial charge in [0.15, 0.2) is 0 Å². The maximum Gasteiger partial charge on any atom is 0.275 e. The van der Waals surface area contributed by atoms with E-state index >= 15 is 0 Å². The van der Waals surface area contributed by atoms with E-state index in [1.807, 2.05) is 0 Å². The fraction of sp³-hybridized carbons (Fsp3) is 0.500. The lowest BCUT2D eigenvalue weighted by Crippen LogP contribution is -2.29. The Kier molecular flexibility index (Phi) is 8.05. The predicted molar refractivity (Wildman–Crippen MR) is 81.5 cm³/mol. The molecular formula is C14H22N4O4. The van der Waals surface area contributed by atoms with E-state index in [-0.39, 0.29) is 18.2 Å². The third-order valence-electron chi connectivity index (χ3n) is 3.26. The second kappa shape index (κ2) is 9.82. The van der Waals surface area contributed by atoms with Crippen molar-refractivity contribution in [3.8, 4) is 0 Å². The molecular weight excluding hydrogens is 288 g/mol. The lowest BCUT2D eigenvalue weighted by Gasteiger charge is -2.06. The Hall–Kier alpha value is -2.03. The van der Waals surface area contributed by atoms with Crippen LogP contribution in [0, 0.1) is 10.1 Å². The van der Waals surface area contributed by atoms with Crippen LogP contribution in [0.25, 0.3) is 0 Å². The molecule has 8 nitrogen and oxygen atoms in total. The first-order valence-corrected chi connectivity index (χ1v) is 7.15. The highest BCUT2D eigenvalue weighted by molar-refractivity contribution is 5.75. The summed E-state index contributed by atoms with van der Waals surface area (Å²) >= 11 is 0. The third kappa shape index (κ3) is 6.17. The average molecular weight is 310 g/mol. The molecule has 0 spiro atoms. The molecule has 0 saturated heterocycles. The number of hydrogen-bond donors (Lipinski definition) is 4. The molecule has 0 radical (unpaired) electrons. The van der Waals surface area contributed by atoms with Gasteiger partial charge in [-0.15, -0.1) is 0 Å². The first-order valence-electron chi connectivity index (χ1n) is 7.15. The molecule has 0 saturated carbocycles. The van der Waals surface area contributed by atoms with Crippen LogP contribution in [0.15, 0.2) is 18.2 Å². The van der Waals surface area contributed by atoms with E-state index in [1.54, 1.807) is 12.1 Å². The Labute approximate surface area is 128 Å². The van der Waals surface area contributed by atoms with E-state index < -0.39 is 4.92 Å². The minimum Gasteiger partial charge on any atom is -0.391 e. The van der Waals surface area contributed by atoms with Crippen molar-refractivity contribution in [1.82, 2.24) is 10.7 Å². The number of carbonyl (C=O) groups excluding carboxylic acids is 1. The largest absolute Gasteiger partial charge is 0.391 e. The Balaban J connectivity index is 2.29. The lowest BCUT2D eigenvalue weighted by atomic mass is 10.1. The van der Waals surface area contributed by atoms with Gasteiger partial charge in [-0.05, 0) is 31.0 Å². The van der Waals surface area contributed by atoms with E-state index in [4.69, 9.17) is 10.9 Å². The number of hydrazine groups is 1. The molecule has 1 aromatic rings. The molecule has 0 aromatic heterocycles. The molecule has 0 unspecified atom stereocenters. The number of rotatable bonds is 10. The number of nitro benzene ring substituents is 1. The summed E-state index contributed by atoms with van der Waals surface area (Å²) in [5.41, 5.74) is 3.13. The van der Waals surface area contributed by atoms with Gasteiger partial charge in [-0.2, -0.15) is 0 Å². The van der Waals surface area contributed by atoms with E-state index in [0.717, 1.165) is 31.4 Å². The maximum absolute atomic E-state index is 10.9. The topological polar surface area (TPSA) is 131 Å². The highest BCUT2D eigenvalue weighted by Gasteiger charge is 2.13. The third-order valence-corrected chi connectivity index (χ3v) is 3.26. The van der Waals surface area contributed by atoms with Crippen molar-refractivity contribution in [2.45, 2.75) is 38.8 Å². The number of nitrogens with one attached hydrogen (secondary N) is 2. The minimum atomic E-state index is -0.489. The van der Waals surface area contributed by atoms with Crippen LogP contribution in [0.3, 0.4) is 0 Å². The fourth-order valence-corrected chi connectivity index (χ4v) is 2.04. The summed E-state index contributed by atoms with van der Waals surface area (Å²) in [5, 5.41) is 23.1. The quantitative estimate of drug-likeness (QED) is 0.166. The highest BCUT2D eigenvalue weighted by atomic mass is 16.6. The summed E-state index contributed by atoms with van der Waals surface area (Å²) in [7, 11) is 0. The fourth-order valence-electron chi connectivity index (χ4n) is 2.04. The van der Waals surface area contributed by atoms with Crippen LogP contribution < -0.4 is 16.6 Å². The Morgan fingerprint density at radius 2 is 2.09 bits per heavy atom. The molecule has 122 valence electrons. The lowest BCUT2D eigenvalue weighted by molar-refractivity contribution is -0.385. The van der Waals surface area contributed by atoms with E-state index in [2.05, 4.69) is 10.7 Å². The van der Waals surface area contributed by atoms with Crippen LogP contribution in [0.4, 0.5) is 5.69 Å². The number of benzene rings is 1. The zero-order valence-electron chi connectivity index (χ0n) is 12.4. The predicted octanol–water partition coefficient (Wildman–Crippen LogP) is 0.727. The number of nitrogens with zero attached hydrogens (tertiary/aromatic N) is 1. The molecule has 22 heavy (non-hydrogen) atoms. The van der Waals surface area contributed by atoms with Gasteiger partial charge < -0.3 is 10.4 Å². The Bertz CT molecular complexity index is 508. The molecule has 8 heteroatoms. The summed E-state index contributed by atoms with van der Waals surface area (Å²) in [6.07, 6.45) is 3.02. The van der Waals surface area contributed by atoms with Crippen molar-refractivity contribution in [1.29, 1.82) is 0 Å². The van der Waals surface area contributed by atoms with Gasteiger partial charge in [0.25, 0.3) is 5.69 Å². The van der Waals surface area contributed by atoms with Gasteiger partial charge in [0.2, 0.25) is 5.91 Å². The second-order valence-corrected chi connectivity index (χ2v) is 4.93. The molecule has 5 N–H and O–H groups in total. The van der Waals surface area contributed by atoms with Gasteiger partial charge in [0, 0.05) is 19.0 Å². The molecule has 0 bridgehead atoms. The van der Waals surface area contributed by atoms with Crippen molar-refractivity contribution < 1.29 is 14.8 Å². The van der Waals surface area contributed by atoms with Crippen LogP contribution in [0.2, 0.25) is 0 Å². The monoisotopic (exact) mass is 310 g/mol. The summed E-state index contributed by atoms with van der Waals surface area (Å²) < 4.78 is 0. The number of unbranched alkanes of at least 4 members (excludes halogenated alkanes) is 2. The number of aliphatic hydroxyl groups excluding tert-OH is 1. The van der Waals surface area contributed by atoms with E-state index in [0.29, 0.717) is 18.5 Å². The standard InChI is InChI=1S/C14H22N4O4/c15-17-14(20)4-2-1-3-7-16-9-11-5-6-12(10-19)13(8-11)18(21)22/h5-6,8,16,19H,1-4,7,9-10,15H2,(H,17,20). The van der Waals surface area contributed by atoms with Gasteiger partial charge in [-0.1, -0.05) is 12.5 Å². The molecule has 0 atom stereocenters. The smallest absolute Gasteiger partial charge is 0.275 e. The van der Waals surface area contributed by atoms with Gasteiger partial charge in [0.1, 0.15) is 0 Å². The highest BCUT2D eigenvalue weighted by Crippen LogP contribution is 2.20. The average Bonchev–Trinajstić information content (AvgIpc) is 2.53. The molecule has 1 amide bonds. The summed E-state index contributed by atoms with van der Waals surface area (Å²) in [4.78, 5) is 21.3.